The van der Waals surface area contributed by atoms with Crippen LogP contribution < -0.4 is 14.4 Å². The Morgan fingerprint density at radius 3 is 2.33 bits per heavy atom. The van der Waals surface area contributed by atoms with Gasteiger partial charge in [0.05, 0.1) is 18.5 Å². The van der Waals surface area contributed by atoms with Crippen LogP contribution in [0.5, 0.6) is 11.5 Å². The average Bonchev–Trinajstić information content (AvgIpc) is 3.34. The lowest BCUT2D eigenvalue weighted by molar-refractivity contribution is -0.113. The topological polar surface area (TPSA) is 51.7 Å². The Morgan fingerprint density at radius 1 is 1.03 bits per heavy atom. The van der Waals surface area contributed by atoms with E-state index in [9.17, 15) is 9.18 Å². The maximum absolute atomic E-state index is 13.0. The van der Waals surface area contributed by atoms with E-state index in [1.54, 1.807) is 43.5 Å². The fourth-order valence-corrected chi connectivity index (χ4v) is 3.98. The van der Waals surface area contributed by atoms with Crippen LogP contribution in [0.3, 0.4) is 0 Å². The van der Waals surface area contributed by atoms with Gasteiger partial charge in [0.25, 0.3) is 5.91 Å². The second-order valence-corrected chi connectivity index (χ2v) is 7.87. The van der Waals surface area contributed by atoms with E-state index in [2.05, 4.69) is 11.6 Å². The molecular weight excluding hydrogens is 439 g/mol. The molecule has 0 saturated carbocycles. The second-order valence-electron chi connectivity index (χ2n) is 7.03. The molecule has 3 aromatic carbocycles. The predicted molar refractivity (Wildman–Crippen MR) is 129 cm³/mol. The number of carbonyl (C=O) groups is 1. The Balaban J connectivity index is 1.52. The molecule has 33 heavy (non-hydrogen) atoms. The summed E-state index contributed by atoms with van der Waals surface area (Å²) < 4.78 is 24.0. The van der Waals surface area contributed by atoms with E-state index in [1.807, 2.05) is 29.6 Å². The van der Waals surface area contributed by atoms with Crippen molar-refractivity contribution >= 4 is 28.1 Å². The van der Waals surface area contributed by atoms with Gasteiger partial charge >= 0.3 is 0 Å². The van der Waals surface area contributed by atoms with E-state index >= 15 is 0 Å². The van der Waals surface area contributed by atoms with E-state index < -0.39 is 0 Å². The number of ether oxygens (including phenoxy) is 2. The van der Waals surface area contributed by atoms with Gasteiger partial charge in [-0.15, -0.1) is 11.3 Å². The summed E-state index contributed by atoms with van der Waals surface area (Å²) >= 11 is 1.37. The second kappa shape index (κ2) is 10.1. The standard InChI is InChI=1S/C26H21FN2O3S/c1-3-25(30)29(26-28-24(17-33-26)19-6-12-22(31-2)13-7-19)21-10-14-23(15-11-21)32-16-18-4-8-20(27)9-5-18/h3-15,17H,1,16H2,2H3. The molecule has 0 radical (unpaired) electrons. The van der Waals surface area contributed by atoms with Crippen molar-refractivity contribution in [1.29, 1.82) is 0 Å². The third kappa shape index (κ3) is 5.27. The van der Waals surface area contributed by atoms with Crippen molar-refractivity contribution in [3.8, 4) is 22.8 Å². The Kier molecular flexibility index (Phi) is 6.80. The van der Waals surface area contributed by atoms with E-state index in [0.717, 1.165) is 22.6 Å². The molecule has 4 rings (SSSR count). The summed E-state index contributed by atoms with van der Waals surface area (Å²) in [7, 11) is 1.62. The van der Waals surface area contributed by atoms with Gasteiger partial charge in [0.2, 0.25) is 0 Å². The summed E-state index contributed by atoms with van der Waals surface area (Å²) in [6, 6.07) is 20.9. The molecule has 0 spiro atoms. The monoisotopic (exact) mass is 460 g/mol. The van der Waals surface area contributed by atoms with Crippen LogP contribution in [0.4, 0.5) is 15.2 Å². The van der Waals surface area contributed by atoms with E-state index in [-0.39, 0.29) is 11.7 Å². The highest BCUT2D eigenvalue weighted by molar-refractivity contribution is 7.14. The molecule has 0 unspecified atom stereocenters. The van der Waals surface area contributed by atoms with Crippen LogP contribution in [0.15, 0.2) is 90.8 Å². The molecule has 5 nitrogen and oxygen atoms in total. The van der Waals surface area contributed by atoms with Crippen molar-refractivity contribution in [1.82, 2.24) is 4.98 Å². The van der Waals surface area contributed by atoms with Gasteiger partial charge in [-0.2, -0.15) is 0 Å². The first-order valence-electron chi connectivity index (χ1n) is 10.1. The van der Waals surface area contributed by atoms with Crippen LogP contribution in [0.2, 0.25) is 0 Å². The molecule has 0 fully saturated rings. The smallest absolute Gasteiger partial charge is 0.256 e. The highest BCUT2D eigenvalue weighted by Crippen LogP contribution is 2.34. The lowest BCUT2D eigenvalue weighted by atomic mass is 10.2. The SMILES string of the molecule is C=CC(=O)N(c1ccc(OCc2ccc(F)cc2)cc1)c1nc(-c2ccc(OC)cc2)cs1. The zero-order valence-corrected chi connectivity index (χ0v) is 18.7. The fourth-order valence-electron chi connectivity index (χ4n) is 3.12. The molecule has 1 heterocycles. The van der Waals surface area contributed by atoms with Gasteiger partial charge in [-0.3, -0.25) is 9.69 Å². The number of rotatable bonds is 8. The third-order valence-corrected chi connectivity index (χ3v) is 5.70. The largest absolute Gasteiger partial charge is 0.497 e. The summed E-state index contributed by atoms with van der Waals surface area (Å²) in [6.45, 7) is 3.94. The van der Waals surface area contributed by atoms with Crippen molar-refractivity contribution in [3.05, 3.63) is 102 Å². The Morgan fingerprint density at radius 2 is 1.70 bits per heavy atom. The number of nitrogens with zero attached hydrogens (tertiary/aromatic N) is 2. The van der Waals surface area contributed by atoms with Crippen LogP contribution in [-0.2, 0) is 11.4 Å². The van der Waals surface area contributed by atoms with Gasteiger partial charge < -0.3 is 9.47 Å². The maximum Gasteiger partial charge on any atom is 0.256 e. The molecule has 1 amide bonds. The molecule has 0 aliphatic heterocycles. The molecule has 0 N–H and O–H groups in total. The third-order valence-electron chi connectivity index (χ3n) is 4.88. The van der Waals surface area contributed by atoms with E-state index in [4.69, 9.17) is 9.47 Å². The predicted octanol–water partition coefficient (Wildman–Crippen LogP) is 6.39. The zero-order valence-electron chi connectivity index (χ0n) is 17.9. The lowest BCUT2D eigenvalue weighted by Gasteiger charge is -2.18. The fraction of sp³-hybridized carbons (Fsp3) is 0.0769. The van der Waals surface area contributed by atoms with Gasteiger partial charge in [-0.05, 0) is 72.3 Å². The molecule has 166 valence electrons. The van der Waals surface area contributed by atoms with Crippen LogP contribution in [0.25, 0.3) is 11.3 Å². The number of carbonyl (C=O) groups excluding carboxylic acids is 1. The number of hydrogen-bond acceptors (Lipinski definition) is 5. The number of methoxy groups -OCH3 is 1. The van der Waals surface area contributed by atoms with Crippen molar-refractivity contribution in [2.75, 3.05) is 12.0 Å². The van der Waals surface area contributed by atoms with Crippen LogP contribution in [0.1, 0.15) is 5.56 Å². The molecule has 0 aliphatic rings. The Hall–Kier alpha value is -3.97. The Labute approximate surface area is 195 Å². The summed E-state index contributed by atoms with van der Waals surface area (Å²) in [5.41, 5.74) is 3.19. The minimum absolute atomic E-state index is 0.285. The first-order chi connectivity index (χ1) is 16.1. The summed E-state index contributed by atoms with van der Waals surface area (Å²) in [6.07, 6.45) is 1.26. The first-order valence-corrected chi connectivity index (χ1v) is 11.0. The highest BCUT2D eigenvalue weighted by Gasteiger charge is 2.19. The zero-order chi connectivity index (χ0) is 23.2. The molecule has 0 bridgehead atoms. The lowest BCUT2D eigenvalue weighted by Crippen LogP contribution is -2.23. The van der Waals surface area contributed by atoms with Crippen LogP contribution >= 0.6 is 11.3 Å². The van der Waals surface area contributed by atoms with E-state index in [0.29, 0.717) is 23.2 Å². The van der Waals surface area contributed by atoms with Crippen molar-refractivity contribution in [3.63, 3.8) is 0 Å². The number of amides is 1. The number of halogens is 1. The first kappa shape index (κ1) is 22.2. The highest BCUT2D eigenvalue weighted by atomic mass is 32.1. The molecular formula is C26H21FN2O3S. The molecule has 0 saturated heterocycles. The van der Waals surface area contributed by atoms with Gasteiger partial charge in [-0.1, -0.05) is 18.7 Å². The summed E-state index contributed by atoms with van der Waals surface area (Å²) in [4.78, 5) is 18.8. The summed E-state index contributed by atoms with van der Waals surface area (Å²) in [5.74, 6) is 0.824. The van der Waals surface area contributed by atoms with Gasteiger partial charge in [-0.25, -0.2) is 9.37 Å². The van der Waals surface area contributed by atoms with Crippen molar-refractivity contribution in [2.45, 2.75) is 6.61 Å². The minimum Gasteiger partial charge on any atom is -0.497 e. The number of hydrogen-bond donors (Lipinski definition) is 0. The minimum atomic E-state index is -0.286. The van der Waals surface area contributed by atoms with Crippen molar-refractivity contribution in [2.24, 2.45) is 0 Å². The molecule has 0 aliphatic carbocycles. The number of thiazole rings is 1. The number of anilines is 2. The van der Waals surface area contributed by atoms with Gasteiger partial charge in [0.15, 0.2) is 5.13 Å². The molecule has 0 atom stereocenters. The normalized spacial score (nSPS) is 10.5. The molecule has 4 aromatic rings. The van der Waals surface area contributed by atoms with Gasteiger partial charge in [0.1, 0.15) is 23.9 Å². The quantitative estimate of drug-likeness (QED) is 0.286. The maximum atomic E-state index is 13.0. The molecule has 7 heteroatoms. The number of aromatic nitrogens is 1. The van der Waals surface area contributed by atoms with Crippen LogP contribution in [0, 0.1) is 5.82 Å². The van der Waals surface area contributed by atoms with E-state index in [1.165, 1.54) is 34.4 Å². The molecule has 1 aromatic heterocycles. The Bertz CT molecular complexity index is 1240. The average molecular weight is 461 g/mol. The summed E-state index contributed by atoms with van der Waals surface area (Å²) in [5, 5.41) is 2.44. The van der Waals surface area contributed by atoms with Crippen LogP contribution in [-0.4, -0.2) is 18.0 Å². The van der Waals surface area contributed by atoms with Gasteiger partial charge in [0, 0.05) is 10.9 Å². The van der Waals surface area contributed by atoms with Crippen molar-refractivity contribution < 1.29 is 18.7 Å². The number of benzene rings is 3.